The summed E-state index contributed by atoms with van der Waals surface area (Å²) < 4.78 is 0. The Morgan fingerprint density at radius 1 is 1.27 bits per heavy atom. The van der Waals surface area contributed by atoms with Gasteiger partial charge in [-0.2, -0.15) is 0 Å². The first-order valence-electron chi connectivity index (χ1n) is 6.34. The van der Waals surface area contributed by atoms with E-state index in [0.717, 1.165) is 11.8 Å². The third-order valence-corrected chi connectivity index (χ3v) is 3.73. The zero-order valence-electron chi connectivity index (χ0n) is 10.1. The molecule has 0 N–H and O–H groups in total. The summed E-state index contributed by atoms with van der Waals surface area (Å²) in [7, 11) is 0. The standard InChI is InChI=1S/C14H23N/c1-12-6-7-14(13(2)10-12)11-15-8-4-3-5-9-15/h6-7,10,13-14H,3-5,8-9,11H2,1-2H3. The van der Waals surface area contributed by atoms with Crippen molar-refractivity contribution in [3.05, 3.63) is 23.8 Å². The summed E-state index contributed by atoms with van der Waals surface area (Å²) in [5.74, 6) is 1.46. The van der Waals surface area contributed by atoms with Gasteiger partial charge in [0.2, 0.25) is 0 Å². The van der Waals surface area contributed by atoms with Crippen molar-refractivity contribution in [3.8, 4) is 0 Å². The smallest absolute Gasteiger partial charge is 0.00500 e. The third-order valence-electron chi connectivity index (χ3n) is 3.73. The zero-order valence-corrected chi connectivity index (χ0v) is 10.1. The Bertz CT molecular complexity index is 259. The molecule has 0 spiro atoms. The Hall–Kier alpha value is -0.560. The molecule has 1 aliphatic heterocycles. The van der Waals surface area contributed by atoms with Gasteiger partial charge in [0.1, 0.15) is 0 Å². The van der Waals surface area contributed by atoms with Gasteiger partial charge in [-0.15, -0.1) is 0 Å². The van der Waals surface area contributed by atoms with Crippen molar-refractivity contribution in [1.82, 2.24) is 4.90 Å². The molecular weight excluding hydrogens is 182 g/mol. The molecule has 1 nitrogen and oxygen atoms in total. The molecule has 84 valence electrons. The lowest BCUT2D eigenvalue weighted by molar-refractivity contribution is 0.196. The van der Waals surface area contributed by atoms with Crippen LogP contribution in [-0.4, -0.2) is 24.5 Å². The summed E-state index contributed by atoms with van der Waals surface area (Å²) in [6, 6.07) is 0. The maximum Gasteiger partial charge on any atom is 0.00500 e. The summed E-state index contributed by atoms with van der Waals surface area (Å²) >= 11 is 0. The number of hydrogen-bond acceptors (Lipinski definition) is 1. The van der Waals surface area contributed by atoms with Gasteiger partial charge in [0, 0.05) is 6.54 Å². The van der Waals surface area contributed by atoms with Crippen LogP contribution < -0.4 is 0 Å². The van der Waals surface area contributed by atoms with Gasteiger partial charge in [0.25, 0.3) is 0 Å². The van der Waals surface area contributed by atoms with E-state index in [4.69, 9.17) is 0 Å². The van der Waals surface area contributed by atoms with Crippen LogP contribution in [0.25, 0.3) is 0 Å². The number of allylic oxidation sites excluding steroid dienone is 3. The Morgan fingerprint density at radius 2 is 2.00 bits per heavy atom. The van der Waals surface area contributed by atoms with Gasteiger partial charge in [-0.05, 0) is 44.7 Å². The number of rotatable bonds is 2. The molecule has 1 heterocycles. The first-order chi connectivity index (χ1) is 7.25. The number of likely N-dealkylation sites (tertiary alicyclic amines) is 1. The van der Waals surface area contributed by atoms with E-state index >= 15 is 0 Å². The van der Waals surface area contributed by atoms with E-state index in [-0.39, 0.29) is 0 Å². The Balaban J connectivity index is 1.87. The average Bonchev–Trinajstić information content (AvgIpc) is 2.24. The van der Waals surface area contributed by atoms with Crippen LogP contribution in [0.15, 0.2) is 23.8 Å². The molecule has 0 aromatic heterocycles. The van der Waals surface area contributed by atoms with Crippen LogP contribution >= 0.6 is 0 Å². The highest BCUT2D eigenvalue weighted by molar-refractivity contribution is 5.23. The van der Waals surface area contributed by atoms with E-state index < -0.39 is 0 Å². The maximum atomic E-state index is 2.64. The second kappa shape index (κ2) is 4.98. The van der Waals surface area contributed by atoms with E-state index in [0.29, 0.717) is 0 Å². The van der Waals surface area contributed by atoms with Crippen molar-refractivity contribution < 1.29 is 0 Å². The predicted molar refractivity (Wildman–Crippen MR) is 65.8 cm³/mol. The van der Waals surface area contributed by atoms with Gasteiger partial charge >= 0.3 is 0 Å². The van der Waals surface area contributed by atoms with Crippen molar-refractivity contribution in [2.75, 3.05) is 19.6 Å². The van der Waals surface area contributed by atoms with Crippen LogP contribution in [0.4, 0.5) is 0 Å². The molecule has 1 fully saturated rings. The highest BCUT2D eigenvalue weighted by atomic mass is 15.1. The largest absolute Gasteiger partial charge is 0.303 e. The number of nitrogens with zero attached hydrogens (tertiary/aromatic N) is 1. The van der Waals surface area contributed by atoms with E-state index in [2.05, 4.69) is 37.0 Å². The minimum Gasteiger partial charge on any atom is -0.303 e. The average molecular weight is 205 g/mol. The SMILES string of the molecule is CC1=CC(C)C(CN2CCCCC2)C=C1. The minimum atomic E-state index is 0.719. The molecule has 0 radical (unpaired) electrons. The lowest BCUT2D eigenvalue weighted by atomic mass is 9.87. The van der Waals surface area contributed by atoms with Crippen LogP contribution in [0.3, 0.4) is 0 Å². The first kappa shape index (κ1) is 10.9. The molecule has 0 aromatic rings. The monoisotopic (exact) mass is 205 g/mol. The van der Waals surface area contributed by atoms with Gasteiger partial charge in [0.15, 0.2) is 0 Å². The maximum absolute atomic E-state index is 2.64. The molecule has 15 heavy (non-hydrogen) atoms. The third kappa shape index (κ3) is 2.94. The van der Waals surface area contributed by atoms with Crippen LogP contribution in [0, 0.1) is 11.8 Å². The van der Waals surface area contributed by atoms with E-state index in [1.165, 1.54) is 44.5 Å². The molecule has 2 unspecified atom stereocenters. The quantitative estimate of drug-likeness (QED) is 0.669. The van der Waals surface area contributed by atoms with Crippen LogP contribution in [0.1, 0.15) is 33.1 Å². The Labute approximate surface area is 93.9 Å². The van der Waals surface area contributed by atoms with E-state index in [1.54, 1.807) is 0 Å². The molecule has 0 bridgehead atoms. The normalized spacial score (nSPS) is 32.8. The van der Waals surface area contributed by atoms with Gasteiger partial charge in [-0.1, -0.05) is 37.1 Å². The highest BCUT2D eigenvalue weighted by Crippen LogP contribution is 2.24. The summed E-state index contributed by atoms with van der Waals surface area (Å²) in [6.45, 7) is 8.45. The molecule has 0 aromatic carbocycles. The van der Waals surface area contributed by atoms with Crippen molar-refractivity contribution in [2.24, 2.45) is 11.8 Å². The molecule has 1 saturated heterocycles. The van der Waals surface area contributed by atoms with Crippen molar-refractivity contribution in [1.29, 1.82) is 0 Å². The number of piperidine rings is 1. The molecular formula is C14H23N. The first-order valence-corrected chi connectivity index (χ1v) is 6.34. The summed E-state index contributed by atoms with van der Waals surface area (Å²) in [4.78, 5) is 2.64. The summed E-state index contributed by atoms with van der Waals surface area (Å²) in [5.41, 5.74) is 1.43. The lowest BCUT2D eigenvalue weighted by Gasteiger charge is -2.32. The fraction of sp³-hybridized carbons (Fsp3) is 0.714. The van der Waals surface area contributed by atoms with Gasteiger partial charge in [0.05, 0.1) is 0 Å². The van der Waals surface area contributed by atoms with Crippen LogP contribution in [0.5, 0.6) is 0 Å². The molecule has 2 rings (SSSR count). The van der Waals surface area contributed by atoms with Crippen LogP contribution in [-0.2, 0) is 0 Å². The fourth-order valence-electron chi connectivity index (χ4n) is 2.71. The van der Waals surface area contributed by atoms with Gasteiger partial charge in [-0.3, -0.25) is 0 Å². The van der Waals surface area contributed by atoms with E-state index in [1.807, 2.05) is 0 Å². The molecule has 0 saturated carbocycles. The second-order valence-electron chi connectivity index (χ2n) is 5.15. The molecule has 2 atom stereocenters. The summed E-state index contributed by atoms with van der Waals surface area (Å²) in [6.07, 6.45) is 11.3. The number of hydrogen-bond donors (Lipinski definition) is 0. The fourth-order valence-corrected chi connectivity index (χ4v) is 2.71. The zero-order chi connectivity index (χ0) is 10.7. The second-order valence-corrected chi connectivity index (χ2v) is 5.15. The molecule has 1 heteroatoms. The molecule has 1 aliphatic carbocycles. The summed E-state index contributed by atoms with van der Waals surface area (Å²) in [5, 5.41) is 0. The lowest BCUT2D eigenvalue weighted by Crippen LogP contribution is -2.35. The molecule has 0 amide bonds. The highest BCUT2D eigenvalue weighted by Gasteiger charge is 2.20. The van der Waals surface area contributed by atoms with Crippen molar-refractivity contribution in [2.45, 2.75) is 33.1 Å². The predicted octanol–water partition coefficient (Wildman–Crippen LogP) is 3.24. The van der Waals surface area contributed by atoms with Gasteiger partial charge < -0.3 is 4.90 Å². The van der Waals surface area contributed by atoms with Crippen molar-refractivity contribution in [3.63, 3.8) is 0 Å². The van der Waals surface area contributed by atoms with E-state index in [9.17, 15) is 0 Å². The Kier molecular flexibility index (Phi) is 3.63. The molecule has 2 aliphatic rings. The van der Waals surface area contributed by atoms with Crippen LogP contribution in [0.2, 0.25) is 0 Å². The van der Waals surface area contributed by atoms with Gasteiger partial charge in [-0.25, -0.2) is 0 Å². The topological polar surface area (TPSA) is 3.24 Å². The Morgan fingerprint density at radius 3 is 2.67 bits per heavy atom. The minimum absolute atomic E-state index is 0.719. The van der Waals surface area contributed by atoms with Crippen molar-refractivity contribution >= 4 is 0 Å².